The number of nitrogens with zero attached hydrogens (tertiary/aromatic N) is 1. The van der Waals surface area contributed by atoms with Crippen molar-refractivity contribution in [2.45, 2.75) is 82.7 Å². The van der Waals surface area contributed by atoms with Gasteiger partial charge >= 0.3 is 0 Å². The summed E-state index contributed by atoms with van der Waals surface area (Å²) in [4.78, 5) is 2.83. The van der Waals surface area contributed by atoms with Gasteiger partial charge in [-0.15, -0.1) is 0 Å². The second kappa shape index (κ2) is 6.19. The molecule has 1 aliphatic heterocycles. The minimum absolute atomic E-state index is 0.374. The Morgan fingerprint density at radius 2 is 1.88 bits per heavy atom. The summed E-state index contributed by atoms with van der Waals surface area (Å²) in [5.74, 6) is 0. The molecule has 0 aromatic heterocycles. The molecule has 1 atom stereocenters. The topological polar surface area (TPSA) is 29.3 Å². The highest BCUT2D eigenvalue weighted by molar-refractivity contribution is 4.98. The van der Waals surface area contributed by atoms with Crippen LogP contribution in [-0.2, 0) is 0 Å². The number of rotatable bonds is 4. The van der Waals surface area contributed by atoms with Gasteiger partial charge in [-0.05, 0) is 38.6 Å². The van der Waals surface area contributed by atoms with Gasteiger partial charge in [-0.1, -0.05) is 39.0 Å². The maximum Gasteiger partial charge on any atom is 0.0334 e. The van der Waals surface area contributed by atoms with E-state index < -0.39 is 0 Å². The van der Waals surface area contributed by atoms with Crippen LogP contribution in [-0.4, -0.2) is 29.6 Å². The largest absolute Gasteiger partial charge is 0.329 e. The Morgan fingerprint density at radius 1 is 1.12 bits per heavy atom. The van der Waals surface area contributed by atoms with E-state index in [1.807, 2.05) is 0 Å². The predicted octanol–water partition coefficient (Wildman–Crippen LogP) is 3.30. The van der Waals surface area contributed by atoms with Crippen molar-refractivity contribution in [2.24, 2.45) is 5.73 Å². The summed E-state index contributed by atoms with van der Waals surface area (Å²) in [5.41, 5.74) is 6.56. The van der Waals surface area contributed by atoms with Gasteiger partial charge in [-0.2, -0.15) is 0 Å². The molecule has 1 saturated carbocycles. The molecule has 17 heavy (non-hydrogen) atoms. The SMILES string of the molecule is CCCC1CCCCN1C1(CN)CCCCC1. The minimum Gasteiger partial charge on any atom is -0.329 e. The number of nitrogens with two attached hydrogens (primary N) is 1. The highest BCUT2D eigenvalue weighted by Crippen LogP contribution is 2.38. The molecular weight excluding hydrogens is 208 g/mol. The molecule has 2 fully saturated rings. The third kappa shape index (κ3) is 2.85. The normalized spacial score (nSPS) is 30.4. The molecule has 100 valence electrons. The Balaban J connectivity index is 2.09. The Labute approximate surface area is 107 Å². The fourth-order valence-corrected chi connectivity index (χ4v) is 4.08. The second-order valence-electron chi connectivity index (χ2n) is 6.12. The molecule has 0 aromatic carbocycles. The van der Waals surface area contributed by atoms with Crippen molar-refractivity contribution < 1.29 is 0 Å². The highest BCUT2D eigenvalue weighted by Gasteiger charge is 2.40. The molecule has 1 saturated heterocycles. The van der Waals surface area contributed by atoms with Crippen LogP contribution in [0.2, 0.25) is 0 Å². The van der Waals surface area contributed by atoms with Crippen LogP contribution in [0.5, 0.6) is 0 Å². The number of hydrogen-bond acceptors (Lipinski definition) is 2. The van der Waals surface area contributed by atoms with E-state index in [1.54, 1.807) is 0 Å². The van der Waals surface area contributed by atoms with Crippen LogP contribution >= 0.6 is 0 Å². The summed E-state index contributed by atoms with van der Waals surface area (Å²) < 4.78 is 0. The van der Waals surface area contributed by atoms with E-state index in [-0.39, 0.29) is 0 Å². The summed E-state index contributed by atoms with van der Waals surface area (Å²) in [6, 6.07) is 0.829. The van der Waals surface area contributed by atoms with Gasteiger partial charge in [0.25, 0.3) is 0 Å². The Kier molecular flexibility index (Phi) is 4.87. The lowest BCUT2D eigenvalue weighted by Crippen LogP contribution is -2.60. The third-order valence-corrected chi connectivity index (χ3v) is 5.02. The monoisotopic (exact) mass is 238 g/mol. The van der Waals surface area contributed by atoms with Gasteiger partial charge in [0, 0.05) is 18.1 Å². The quantitative estimate of drug-likeness (QED) is 0.814. The molecule has 2 heteroatoms. The van der Waals surface area contributed by atoms with Crippen molar-refractivity contribution in [3.8, 4) is 0 Å². The fraction of sp³-hybridized carbons (Fsp3) is 1.00. The minimum atomic E-state index is 0.374. The lowest BCUT2D eigenvalue weighted by molar-refractivity contribution is -0.00596. The van der Waals surface area contributed by atoms with Crippen LogP contribution in [0.4, 0.5) is 0 Å². The molecule has 0 radical (unpaired) electrons. The molecule has 2 aliphatic rings. The molecule has 0 bridgehead atoms. The first-order chi connectivity index (χ1) is 8.32. The average Bonchev–Trinajstić information content (AvgIpc) is 2.40. The summed E-state index contributed by atoms with van der Waals surface area (Å²) in [6.45, 7) is 4.51. The maximum absolute atomic E-state index is 6.19. The molecule has 0 aromatic rings. The summed E-state index contributed by atoms with van der Waals surface area (Å²) >= 11 is 0. The lowest BCUT2D eigenvalue weighted by atomic mass is 9.77. The highest BCUT2D eigenvalue weighted by atomic mass is 15.2. The average molecular weight is 238 g/mol. The van der Waals surface area contributed by atoms with Crippen molar-refractivity contribution in [1.82, 2.24) is 4.90 Å². The molecule has 0 spiro atoms. The first kappa shape index (κ1) is 13.4. The van der Waals surface area contributed by atoms with E-state index in [1.165, 1.54) is 70.8 Å². The number of likely N-dealkylation sites (tertiary alicyclic amines) is 1. The first-order valence-corrected chi connectivity index (χ1v) is 7.79. The van der Waals surface area contributed by atoms with Gasteiger partial charge < -0.3 is 5.73 Å². The zero-order valence-electron chi connectivity index (χ0n) is 11.6. The van der Waals surface area contributed by atoms with Crippen LogP contribution in [0.25, 0.3) is 0 Å². The van der Waals surface area contributed by atoms with Gasteiger partial charge in [0.2, 0.25) is 0 Å². The number of hydrogen-bond donors (Lipinski definition) is 1. The first-order valence-electron chi connectivity index (χ1n) is 7.79. The summed E-state index contributed by atoms with van der Waals surface area (Å²) in [5, 5.41) is 0. The van der Waals surface area contributed by atoms with Crippen LogP contribution in [0.3, 0.4) is 0 Å². The van der Waals surface area contributed by atoms with Crippen LogP contribution in [0.15, 0.2) is 0 Å². The number of piperidine rings is 1. The van der Waals surface area contributed by atoms with Gasteiger partial charge in [-0.25, -0.2) is 0 Å². The third-order valence-electron chi connectivity index (χ3n) is 5.02. The van der Waals surface area contributed by atoms with Crippen LogP contribution in [0.1, 0.15) is 71.1 Å². The van der Waals surface area contributed by atoms with Crippen molar-refractivity contribution in [3.05, 3.63) is 0 Å². The van der Waals surface area contributed by atoms with E-state index in [0.717, 1.165) is 12.6 Å². The Hall–Kier alpha value is -0.0800. The van der Waals surface area contributed by atoms with E-state index in [9.17, 15) is 0 Å². The van der Waals surface area contributed by atoms with E-state index >= 15 is 0 Å². The molecule has 2 rings (SSSR count). The molecule has 0 amide bonds. The van der Waals surface area contributed by atoms with E-state index in [4.69, 9.17) is 5.73 Å². The van der Waals surface area contributed by atoms with Crippen molar-refractivity contribution in [3.63, 3.8) is 0 Å². The smallest absolute Gasteiger partial charge is 0.0334 e. The second-order valence-corrected chi connectivity index (χ2v) is 6.12. The van der Waals surface area contributed by atoms with Gasteiger partial charge in [0.05, 0.1) is 0 Å². The van der Waals surface area contributed by atoms with E-state index in [0.29, 0.717) is 5.54 Å². The van der Waals surface area contributed by atoms with Crippen molar-refractivity contribution in [2.75, 3.05) is 13.1 Å². The zero-order valence-corrected chi connectivity index (χ0v) is 11.6. The molecular formula is C15H30N2. The van der Waals surface area contributed by atoms with Gasteiger partial charge in [0.15, 0.2) is 0 Å². The summed E-state index contributed by atoms with van der Waals surface area (Å²) in [7, 11) is 0. The molecule has 1 heterocycles. The Morgan fingerprint density at radius 3 is 2.53 bits per heavy atom. The Bertz CT molecular complexity index is 219. The lowest BCUT2D eigenvalue weighted by Gasteiger charge is -2.51. The van der Waals surface area contributed by atoms with Gasteiger partial charge in [-0.3, -0.25) is 4.90 Å². The predicted molar refractivity (Wildman–Crippen MR) is 74.1 cm³/mol. The molecule has 1 unspecified atom stereocenters. The zero-order chi connectivity index (χ0) is 12.1. The van der Waals surface area contributed by atoms with Crippen LogP contribution < -0.4 is 5.73 Å². The molecule has 2 nitrogen and oxygen atoms in total. The maximum atomic E-state index is 6.19. The van der Waals surface area contributed by atoms with Crippen molar-refractivity contribution in [1.29, 1.82) is 0 Å². The van der Waals surface area contributed by atoms with E-state index in [2.05, 4.69) is 11.8 Å². The summed E-state index contributed by atoms with van der Waals surface area (Å²) in [6.07, 6.45) is 13.9. The van der Waals surface area contributed by atoms with Gasteiger partial charge in [0.1, 0.15) is 0 Å². The molecule has 2 N–H and O–H groups in total. The standard InChI is InChI=1S/C15H30N2/c1-2-8-14-9-4-7-12-17(14)15(13-16)10-5-3-6-11-15/h14H,2-13,16H2,1H3. The van der Waals surface area contributed by atoms with Crippen molar-refractivity contribution >= 4 is 0 Å². The molecule has 1 aliphatic carbocycles. The van der Waals surface area contributed by atoms with Crippen LogP contribution in [0, 0.1) is 0 Å². The fourth-order valence-electron chi connectivity index (χ4n) is 4.08.